The van der Waals surface area contributed by atoms with Crippen molar-refractivity contribution in [1.82, 2.24) is 4.90 Å². The van der Waals surface area contributed by atoms with Crippen LogP contribution in [0.5, 0.6) is 0 Å². The molecule has 1 fully saturated rings. The third kappa shape index (κ3) is 3.55. The van der Waals surface area contributed by atoms with Crippen molar-refractivity contribution in [2.75, 3.05) is 20.2 Å². The maximum absolute atomic E-state index is 6.37. The van der Waals surface area contributed by atoms with Gasteiger partial charge in [0, 0.05) is 26.1 Å². The zero-order valence-electron chi connectivity index (χ0n) is 15.9. The third-order valence-corrected chi connectivity index (χ3v) is 5.82. The Hall–Kier alpha value is -2.42. The highest BCUT2D eigenvalue weighted by Gasteiger charge is 2.45. The van der Waals surface area contributed by atoms with Crippen LogP contribution in [0.4, 0.5) is 0 Å². The fourth-order valence-corrected chi connectivity index (χ4v) is 4.56. The van der Waals surface area contributed by atoms with E-state index in [4.69, 9.17) is 4.74 Å². The summed E-state index contributed by atoms with van der Waals surface area (Å²) in [6.07, 6.45) is 1.13. The van der Waals surface area contributed by atoms with Gasteiger partial charge in [0.05, 0.1) is 0 Å². The molecule has 1 unspecified atom stereocenters. The van der Waals surface area contributed by atoms with E-state index in [1.165, 1.54) is 16.7 Å². The minimum Gasteiger partial charge on any atom is -0.368 e. The molecule has 2 nitrogen and oxygen atoms in total. The van der Waals surface area contributed by atoms with Gasteiger partial charge >= 0.3 is 0 Å². The SMILES string of the molecule is COC(c1ccccc1)(c1ccccc1)C1CCN(Cc2ccccc2)C1. The number of benzene rings is 3. The summed E-state index contributed by atoms with van der Waals surface area (Å²) < 4.78 is 6.37. The Labute approximate surface area is 162 Å². The summed E-state index contributed by atoms with van der Waals surface area (Å²) >= 11 is 0. The van der Waals surface area contributed by atoms with Crippen molar-refractivity contribution in [2.24, 2.45) is 5.92 Å². The zero-order chi connectivity index (χ0) is 18.5. The Balaban J connectivity index is 1.66. The Bertz CT molecular complexity index is 792. The minimum atomic E-state index is -0.409. The van der Waals surface area contributed by atoms with Gasteiger partial charge in [-0.2, -0.15) is 0 Å². The fraction of sp³-hybridized carbons (Fsp3) is 0.280. The smallest absolute Gasteiger partial charge is 0.122 e. The topological polar surface area (TPSA) is 12.5 Å². The van der Waals surface area contributed by atoms with Crippen molar-refractivity contribution >= 4 is 0 Å². The second-order valence-corrected chi connectivity index (χ2v) is 7.38. The van der Waals surface area contributed by atoms with Gasteiger partial charge in [0.2, 0.25) is 0 Å². The monoisotopic (exact) mass is 357 g/mol. The van der Waals surface area contributed by atoms with Crippen LogP contribution in [0.15, 0.2) is 91.0 Å². The first-order chi connectivity index (χ1) is 13.3. The van der Waals surface area contributed by atoms with Crippen LogP contribution in [0.1, 0.15) is 23.1 Å². The quantitative estimate of drug-likeness (QED) is 0.609. The molecule has 0 amide bonds. The van der Waals surface area contributed by atoms with E-state index in [-0.39, 0.29) is 0 Å². The molecule has 0 aromatic heterocycles. The van der Waals surface area contributed by atoms with Crippen molar-refractivity contribution in [3.05, 3.63) is 108 Å². The molecule has 138 valence electrons. The summed E-state index contributed by atoms with van der Waals surface area (Å²) in [5.41, 5.74) is 3.45. The normalized spacial score (nSPS) is 17.9. The molecular weight excluding hydrogens is 330 g/mol. The molecule has 3 aromatic rings. The maximum Gasteiger partial charge on any atom is 0.122 e. The van der Waals surface area contributed by atoms with E-state index >= 15 is 0 Å². The van der Waals surface area contributed by atoms with E-state index < -0.39 is 5.60 Å². The highest BCUT2D eigenvalue weighted by molar-refractivity contribution is 5.38. The van der Waals surface area contributed by atoms with Gasteiger partial charge < -0.3 is 4.74 Å². The number of ether oxygens (including phenoxy) is 1. The molecular formula is C25H27NO. The van der Waals surface area contributed by atoms with Gasteiger partial charge in [-0.1, -0.05) is 91.0 Å². The molecule has 2 heteroatoms. The summed E-state index contributed by atoms with van der Waals surface area (Å²) in [6.45, 7) is 3.14. The van der Waals surface area contributed by atoms with Crippen LogP contribution in [0.2, 0.25) is 0 Å². The number of nitrogens with zero attached hydrogens (tertiary/aromatic N) is 1. The van der Waals surface area contributed by atoms with Gasteiger partial charge in [-0.05, 0) is 29.7 Å². The molecule has 0 saturated carbocycles. The van der Waals surface area contributed by atoms with Gasteiger partial charge in [-0.3, -0.25) is 4.90 Å². The second kappa shape index (κ2) is 8.08. The lowest BCUT2D eigenvalue weighted by Gasteiger charge is -2.39. The Morgan fingerprint density at radius 3 is 1.85 bits per heavy atom. The van der Waals surface area contributed by atoms with Crippen molar-refractivity contribution in [3.63, 3.8) is 0 Å². The maximum atomic E-state index is 6.37. The van der Waals surface area contributed by atoms with E-state index in [0.717, 1.165) is 26.1 Å². The predicted molar refractivity (Wildman–Crippen MR) is 110 cm³/mol. The van der Waals surface area contributed by atoms with Gasteiger partial charge in [0.25, 0.3) is 0 Å². The molecule has 4 rings (SSSR count). The number of likely N-dealkylation sites (tertiary alicyclic amines) is 1. The Morgan fingerprint density at radius 2 is 1.33 bits per heavy atom. The third-order valence-electron chi connectivity index (χ3n) is 5.82. The van der Waals surface area contributed by atoms with Crippen LogP contribution in [0, 0.1) is 5.92 Å². The minimum absolute atomic E-state index is 0.409. The molecule has 0 bridgehead atoms. The molecule has 27 heavy (non-hydrogen) atoms. The van der Waals surface area contributed by atoms with E-state index in [1.807, 2.05) is 7.11 Å². The molecule has 1 heterocycles. The lowest BCUT2D eigenvalue weighted by atomic mass is 9.75. The largest absolute Gasteiger partial charge is 0.368 e. The lowest BCUT2D eigenvalue weighted by Crippen LogP contribution is -2.40. The molecule has 1 aliphatic heterocycles. The molecule has 0 spiro atoms. The van der Waals surface area contributed by atoms with Crippen molar-refractivity contribution in [2.45, 2.75) is 18.6 Å². The van der Waals surface area contributed by atoms with Crippen molar-refractivity contribution in [3.8, 4) is 0 Å². The van der Waals surface area contributed by atoms with Crippen LogP contribution < -0.4 is 0 Å². The van der Waals surface area contributed by atoms with Gasteiger partial charge in [-0.25, -0.2) is 0 Å². The average molecular weight is 357 g/mol. The molecule has 3 aromatic carbocycles. The second-order valence-electron chi connectivity index (χ2n) is 7.38. The average Bonchev–Trinajstić information content (AvgIpc) is 3.20. The summed E-state index contributed by atoms with van der Waals surface area (Å²) in [5, 5.41) is 0. The van der Waals surface area contributed by atoms with Crippen LogP contribution in [-0.4, -0.2) is 25.1 Å². The zero-order valence-corrected chi connectivity index (χ0v) is 15.9. The molecule has 1 aliphatic rings. The van der Waals surface area contributed by atoms with Crippen LogP contribution in [0.25, 0.3) is 0 Å². The molecule has 0 N–H and O–H groups in total. The summed E-state index contributed by atoms with van der Waals surface area (Å²) in [4.78, 5) is 2.56. The van der Waals surface area contributed by atoms with E-state index in [2.05, 4.69) is 95.9 Å². The summed E-state index contributed by atoms with van der Waals surface area (Å²) in [7, 11) is 1.86. The molecule has 1 saturated heterocycles. The Kier molecular flexibility index (Phi) is 5.38. The van der Waals surface area contributed by atoms with E-state index in [1.54, 1.807) is 0 Å². The predicted octanol–water partition coefficient (Wildman–Crippen LogP) is 5.10. The van der Waals surface area contributed by atoms with Crippen molar-refractivity contribution in [1.29, 1.82) is 0 Å². The van der Waals surface area contributed by atoms with Crippen LogP contribution in [-0.2, 0) is 16.9 Å². The highest BCUT2D eigenvalue weighted by Crippen LogP contribution is 2.44. The van der Waals surface area contributed by atoms with Crippen molar-refractivity contribution < 1.29 is 4.74 Å². The molecule has 1 atom stereocenters. The summed E-state index contributed by atoms with van der Waals surface area (Å²) in [5.74, 6) is 0.413. The number of rotatable bonds is 6. The van der Waals surface area contributed by atoms with Gasteiger partial charge in [0.15, 0.2) is 0 Å². The first-order valence-electron chi connectivity index (χ1n) is 9.75. The van der Waals surface area contributed by atoms with Crippen LogP contribution in [0.3, 0.4) is 0 Å². The number of hydrogen-bond donors (Lipinski definition) is 0. The number of hydrogen-bond acceptors (Lipinski definition) is 2. The molecule has 0 radical (unpaired) electrons. The Morgan fingerprint density at radius 1 is 0.815 bits per heavy atom. The highest BCUT2D eigenvalue weighted by atomic mass is 16.5. The lowest BCUT2D eigenvalue weighted by molar-refractivity contribution is -0.0264. The first-order valence-corrected chi connectivity index (χ1v) is 9.75. The number of methoxy groups -OCH3 is 1. The van der Waals surface area contributed by atoms with E-state index in [0.29, 0.717) is 5.92 Å². The van der Waals surface area contributed by atoms with E-state index in [9.17, 15) is 0 Å². The summed E-state index contributed by atoms with van der Waals surface area (Å²) in [6, 6.07) is 32.2. The van der Waals surface area contributed by atoms with Gasteiger partial charge in [0.1, 0.15) is 5.60 Å². The van der Waals surface area contributed by atoms with Gasteiger partial charge in [-0.15, -0.1) is 0 Å². The van der Waals surface area contributed by atoms with Crippen LogP contribution >= 0.6 is 0 Å². The molecule has 0 aliphatic carbocycles. The first kappa shape index (κ1) is 18.0. The fourth-order valence-electron chi connectivity index (χ4n) is 4.56. The standard InChI is InChI=1S/C25H27NO/c1-27-25(22-13-7-3-8-14-22,23-15-9-4-10-16-23)24-17-18-26(20-24)19-21-11-5-2-6-12-21/h2-16,24H,17-20H2,1H3.